The van der Waals surface area contributed by atoms with E-state index in [0.717, 1.165) is 25.8 Å². The van der Waals surface area contributed by atoms with Crippen molar-refractivity contribution >= 4 is 11.7 Å². The van der Waals surface area contributed by atoms with Gasteiger partial charge in [-0.3, -0.25) is 14.5 Å². The fraction of sp³-hybridized carbons (Fsp3) is 0.846. The third-order valence-corrected chi connectivity index (χ3v) is 3.32. The molecule has 1 fully saturated rings. The van der Waals surface area contributed by atoms with Gasteiger partial charge in [0.05, 0.1) is 12.1 Å². The SMILES string of the molecule is CC(=O)C1CCCCN1C(C)C(=O)NC(C)C. The number of piperidine rings is 1. The fourth-order valence-corrected chi connectivity index (χ4v) is 2.41. The Morgan fingerprint density at radius 3 is 2.41 bits per heavy atom. The van der Waals surface area contributed by atoms with Crippen LogP contribution in [0.25, 0.3) is 0 Å². The molecule has 0 saturated carbocycles. The minimum absolute atomic E-state index is 0.0214. The van der Waals surface area contributed by atoms with E-state index in [-0.39, 0.29) is 29.8 Å². The number of hydrogen-bond acceptors (Lipinski definition) is 3. The highest BCUT2D eigenvalue weighted by Crippen LogP contribution is 2.20. The largest absolute Gasteiger partial charge is 0.353 e. The molecule has 1 aliphatic heterocycles. The van der Waals surface area contributed by atoms with Crippen LogP contribution >= 0.6 is 0 Å². The summed E-state index contributed by atoms with van der Waals surface area (Å²) in [6.45, 7) is 8.25. The van der Waals surface area contributed by atoms with Crippen molar-refractivity contribution in [3.63, 3.8) is 0 Å². The molecule has 0 spiro atoms. The van der Waals surface area contributed by atoms with E-state index in [2.05, 4.69) is 5.32 Å². The monoisotopic (exact) mass is 240 g/mol. The van der Waals surface area contributed by atoms with E-state index in [1.807, 2.05) is 25.7 Å². The lowest BCUT2D eigenvalue weighted by Crippen LogP contribution is -2.54. The zero-order valence-corrected chi connectivity index (χ0v) is 11.3. The van der Waals surface area contributed by atoms with E-state index in [1.165, 1.54) is 0 Å². The lowest BCUT2D eigenvalue weighted by molar-refractivity contribution is -0.131. The minimum atomic E-state index is -0.216. The predicted octanol–water partition coefficient (Wildman–Crippen LogP) is 1.34. The predicted molar refractivity (Wildman–Crippen MR) is 67.8 cm³/mol. The molecule has 17 heavy (non-hydrogen) atoms. The molecule has 0 aromatic heterocycles. The molecule has 2 unspecified atom stereocenters. The fourth-order valence-electron chi connectivity index (χ4n) is 2.41. The molecule has 1 rings (SSSR count). The Morgan fingerprint density at radius 1 is 1.24 bits per heavy atom. The Labute approximate surface area is 104 Å². The molecule has 4 nitrogen and oxygen atoms in total. The Balaban J connectivity index is 2.67. The highest BCUT2D eigenvalue weighted by atomic mass is 16.2. The average Bonchev–Trinajstić information content (AvgIpc) is 2.27. The molecule has 1 heterocycles. The van der Waals surface area contributed by atoms with Crippen molar-refractivity contribution in [2.24, 2.45) is 0 Å². The first-order valence-corrected chi connectivity index (χ1v) is 6.50. The van der Waals surface area contributed by atoms with Crippen molar-refractivity contribution in [2.45, 2.75) is 65.1 Å². The summed E-state index contributed by atoms with van der Waals surface area (Å²) in [5.74, 6) is 0.196. The number of rotatable bonds is 4. The molecule has 1 N–H and O–H groups in total. The van der Waals surface area contributed by atoms with E-state index < -0.39 is 0 Å². The van der Waals surface area contributed by atoms with E-state index in [9.17, 15) is 9.59 Å². The lowest BCUT2D eigenvalue weighted by Gasteiger charge is -2.37. The Bertz CT molecular complexity index is 289. The van der Waals surface area contributed by atoms with Crippen LogP contribution in [0.3, 0.4) is 0 Å². The van der Waals surface area contributed by atoms with Gasteiger partial charge in [-0.25, -0.2) is 0 Å². The molecular weight excluding hydrogens is 216 g/mol. The third-order valence-electron chi connectivity index (χ3n) is 3.32. The Morgan fingerprint density at radius 2 is 1.88 bits per heavy atom. The van der Waals surface area contributed by atoms with Gasteiger partial charge in [0.2, 0.25) is 5.91 Å². The van der Waals surface area contributed by atoms with Gasteiger partial charge in [-0.1, -0.05) is 6.42 Å². The van der Waals surface area contributed by atoms with Crippen molar-refractivity contribution in [3.8, 4) is 0 Å². The van der Waals surface area contributed by atoms with Crippen LogP contribution in [0, 0.1) is 0 Å². The van der Waals surface area contributed by atoms with Gasteiger partial charge in [0.25, 0.3) is 0 Å². The van der Waals surface area contributed by atoms with Gasteiger partial charge in [-0.2, -0.15) is 0 Å². The number of nitrogens with zero attached hydrogens (tertiary/aromatic N) is 1. The van der Waals surface area contributed by atoms with Crippen LogP contribution in [-0.2, 0) is 9.59 Å². The molecule has 0 aliphatic carbocycles. The second kappa shape index (κ2) is 6.15. The molecule has 0 aromatic carbocycles. The maximum atomic E-state index is 12.0. The second-order valence-corrected chi connectivity index (χ2v) is 5.20. The molecule has 1 aliphatic rings. The Kier molecular flexibility index (Phi) is 5.12. The van der Waals surface area contributed by atoms with Crippen molar-refractivity contribution in [3.05, 3.63) is 0 Å². The summed E-state index contributed by atoms with van der Waals surface area (Å²) >= 11 is 0. The van der Waals surface area contributed by atoms with Crippen molar-refractivity contribution in [1.29, 1.82) is 0 Å². The number of likely N-dealkylation sites (tertiary alicyclic amines) is 1. The molecule has 1 saturated heterocycles. The van der Waals surface area contributed by atoms with Crippen LogP contribution in [0.15, 0.2) is 0 Å². The molecule has 4 heteroatoms. The number of hydrogen-bond donors (Lipinski definition) is 1. The van der Waals surface area contributed by atoms with E-state index in [4.69, 9.17) is 0 Å². The molecule has 2 atom stereocenters. The molecule has 0 bridgehead atoms. The summed E-state index contributed by atoms with van der Waals surface area (Å²) in [6.07, 6.45) is 3.04. The lowest BCUT2D eigenvalue weighted by atomic mass is 9.97. The summed E-state index contributed by atoms with van der Waals surface area (Å²) in [5, 5.41) is 2.91. The van der Waals surface area contributed by atoms with Gasteiger partial charge >= 0.3 is 0 Å². The van der Waals surface area contributed by atoms with E-state index >= 15 is 0 Å². The van der Waals surface area contributed by atoms with Crippen molar-refractivity contribution in [1.82, 2.24) is 10.2 Å². The quantitative estimate of drug-likeness (QED) is 0.807. The maximum absolute atomic E-state index is 12.0. The standard InChI is InChI=1S/C13H24N2O2/c1-9(2)14-13(17)10(3)15-8-6-5-7-12(15)11(4)16/h9-10,12H,5-8H2,1-4H3,(H,14,17). The second-order valence-electron chi connectivity index (χ2n) is 5.20. The number of amides is 1. The molecule has 0 aromatic rings. The summed E-state index contributed by atoms with van der Waals surface area (Å²) in [7, 11) is 0. The summed E-state index contributed by atoms with van der Waals surface area (Å²) in [6, 6.07) is -0.145. The van der Waals surface area contributed by atoms with Crippen LogP contribution in [0.5, 0.6) is 0 Å². The first-order valence-electron chi connectivity index (χ1n) is 6.50. The van der Waals surface area contributed by atoms with Crippen LogP contribution in [0.2, 0.25) is 0 Å². The molecule has 98 valence electrons. The summed E-state index contributed by atoms with van der Waals surface area (Å²) < 4.78 is 0. The van der Waals surface area contributed by atoms with Gasteiger partial charge in [0.15, 0.2) is 0 Å². The summed E-state index contributed by atoms with van der Waals surface area (Å²) in [5.41, 5.74) is 0. The number of ketones is 1. The molecule has 1 amide bonds. The van der Waals surface area contributed by atoms with Crippen molar-refractivity contribution < 1.29 is 9.59 Å². The van der Waals surface area contributed by atoms with Gasteiger partial charge in [-0.15, -0.1) is 0 Å². The van der Waals surface area contributed by atoms with Crippen LogP contribution in [0.1, 0.15) is 47.0 Å². The van der Waals surface area contributed by atoms with Crippen LogP contribution in [-0.4, -0.2) is 41.3 Å². The normalized spacial score (nSPS) is 23.5. The third kappa shape index (κ3) is 3.80. The van der Waals surface area contributed by atoms with Gasteiger partial charge < -0.3 is 5.32 Å². The Hall–Kier alpha value is -0.900. The smallest absolute Gasteiger partial charge is 0.237 e. The molecule has 0 radical (unpaired) electrons. The number of Topliss-reactive ketones (excluding diaryl/α,β-unsaturated/α-hetero) is 1. The zero-order chi connectivity index (χ0) is 13.0. The van der Waals surface area contributed by atoms with Gasteiger partial charge in [0, 0.05) is 6.04 Å². The van der Waals surface area contributed by atoms with Gasteiger partial charge in [0.1, 0.15) is 5.78 Å². The van der Waals surface area contributed by atoms with E-state index in [0.29, 0.717) is 0 Å². The first-order chi connectivity index (χ1) is 7.93. The van der Waals surface area contributed by atoms with Crippen LogP contribution < -0.4 is 5.32 Å². The summed E-state index contributed by atoms with van der Waals surface area (Å²) in [4.78, 5) is 25.6. The van der Waals surface area contributed by atoms with Crippen molar-refractivity contribution in [2.75, 3.05) is 6.54 Å². The topological polar surface area (TPSA) is 49.4 Å². The average molecular weight is 240 g/mol. The number of carbonyl (C=O) groups excluding carboxylic acids is 2. The first kappa shape index (κ1) is 14.2. The highest BCUT2D eigenvalue weighted by molar-refractivity contribution is 5.85. The molecular formula is C13H24N2O2. The zero-order valence-electron chi connectivity index (χ0n) is 11.3. The van der Waals surface area contributed by atoms with E-state index in [1.54, 1.807) is 6.92 Å². The van der Waals surface area contributed by atoms with Crippen LogP contribution in [0.4, 0.5) is 0 Å². The number of nitrogens with one attached hydrogen (secondary N) is 1. The maximum Gasteiger partial charge on any atom is 0.237 e. The minimum Gasteiger partial charge on any atom is -0.353 e. The van der Waals surface area contributed by atoms with Gasteiger partial charge in [-0.05, 0) is 47.1 Å². The number of carbonyl (C=O) groups is 2. The highest BCUT2D eigenvalue weighted by Gasteiger charge is 2.32.